The monoisotopic (exact) mass is 608 g/mol. The summed E-state index contributed by atoms with van der Waals surface area (Å²) in [6.07, 6.45) is -3.24. The Labute approximate surface area is 248 Å². The highest BCUT2D eigenvalue weighted by Crippen LogP contribution is 2.31. The third-order valence-electron chi connectivity index (χ3n) is 6.75. The molecule has 12 heteroatoms. The molecular formula is C30H36ClF3N4O4. The van der Waals surface area contributed by atoms with Crippen molar-refractivity contribution in [2.45, 2.75) is 77.9 Å². The minimum atomic E-state index is -4.55. The molecule has 8 nitrogen and oxygen atoms in total. The highest BCUT2D eigenvalue weighted by molar-refractivity contribution is 6.32. The average Bonchev–Trinajstić information content (AvgIpc) is 3.37. The van der Waals surface area contributed by atoms with Gasteiger partial charge >= 0.3 is 6.18 Å². The number of imidazole rings is 1. The summed E-state index contributed by atoms with van der Waals surface area (Å²) >= 11 is 6.09. The van der Waals surface area contributed by atoms with Crippen LogP contribution in [0, 0.1) is 0 Å². The molecule has 0 spiro atoms. The van der Waals surface area contributed by atoms with Crippen molar-refractivity contribution in [3.8, 4) is 17.0 Å². The molecule has 0 fully saturated rings. The zero-order valence-corrected chi connectivity index (χ0v) is 24.7. The number of rotatable bonds is 13. The highest BCUT2D eigenvalue weighted by atomic mass is 35.5. The van der Waals surface area contributed by atoms with E-state index in [9.17, 15) is 27.9 Å². The van der Waals surface area contributed by atoms with Crippen molar-refractivity contribution in [1.82, 2.24) is 20.2 Å². The fourth-order valence-electron chi connectivity index (χ4n) is 4.44. The van der Waals surface area contributed by atoms with Crippen LogP contribution in [0.3, 0.4) is 0 Å². The molecule has 2 amide bonds. The van der Waals surface area contributed by atoms with Crippen molar-refractivity contribution in [3.63, 3.8) is 0 Å². The summed E-state index contributed by atoms with van der Waals surface area (Å²) in [5, 5.41) is 15.3. The number of nitrogens with one attached hydrogen (secondary N) is 2. The Morgan fingerprint density at radius 3 is 2.36 bits per heavy atom. The van der Waals surface area contributed by atoms with Gasteiger partial charge in [-0.05, 0) is 56.9 Å². The number of aliphatic hydroxyl groups is 1. The lowest BCUT2D eigenvalue weighted by Gasteiger charge is -2.20. The average molecular weight is 609 g/mol. The fraction of sp³-hybridized carbons (Fsp3) is 0.433. The second-order valence-electron chi connectivity index (χ2n) is 9.96. The Morgan fingerprint density at radius 2 is 1.81 bits per heavy atom. The lowest BCUT2D eigenvalue weighted by Crippen LogP contribution is -2.37. The molecule has 0 saturated carbocycles. The van der Waals surface area contributed by atoms with Gasteiger partial charge in [0.1, 0.15) is 11.6 Å². The van der Waals surface area contributed by atoms with Crippen molar-refractivity contribution in [3.05, 3.63) is 70.6 Å². The number of aromatic nitrogens is 2. The van der Waals surface area contributed by atoms with E-state index in [0.29, 0.717) is 19.4 Å². The molecule has 3 rings (SSSR count). The Bertz CT molecular complexity index is 1360. The van der Waals surface area contributed by atoms with Crippen molar-refractivity contribution in [1.29, 1.82) is 0 Å². The van der Waals surface area contributed by atoms with Gasteiger partial charge in [0.2, 0.25) is 5.91 Å². The van der Waals surface area contributed by atoms with E-state index >= 15 is 0 Å². The van der Waals surface area contributed by atoms with E-state index < -0.39 is 24.2 Å². The summed E-state index contributed by atoms with van der Waals surface area (Å²) < 4.78 is 45.4. The summed E-state index contributed by atoms with van der Waals surface area (Å²) in [4.78, 5) is 29.3. The molecule has 0 bridgehead atoms. The van der Waals surface area contributed by atoms with Crippen LogP contribution in [0.25, 0.3) is 11.3 Å². The van der Waals surface area contributed by atoms with Gasteiger partial charge in [0.05, 0.1) is 16.8 Å². The Hall–Kier alpha value is -3.57. The molecule has 3 aromatic rings. The predicted molar refractivity (Wildman–Crippen MR) is 154 cm³/mol. The van der Waals surface area contributed by atoms with Crippen LogP contribution in [0.4, 0.5) is 13.2 Å². The van der Waals surface area contributed by atoms with Gasteiger partial charge in [-0.1, -0.05) is 42.8 Å². The van der Waals surface area contributed by atoms with Gasteiger partial charge in [-0.2, -0.15) is 13.2 Å². The van der Waals surface area contributed by atoms with Crippen LogP contribution >= 0.6 is 11.6 Å². The number of benzene rings is 2. The van der Waals surface area contributed by atoms with Gasteiger partial charge in [0.25, 0.3) is 5.91 Å². The van der Waals surface area contributed by atoms with Gasteiger partial charge in [0.15, 0.2) is 6.10 Å². The molecular weight excluding hydrogens is 573 g/mol. The molecule has 228 valence electrons. The molecule has 1 heterocycles. The molecule has 1 aromatic heterocycles. The number of halogens is 4. The van der Waals surface area contributed by atoms with Crippen molar-refractivity contribution in [2.24, 2.45) is 0 Å². The van der Waals surface area contributed by atoms with Crippen molar-refractivity contribution >= 4 is 23.4 Å². The second kappa shape index (κ2) is 14.6. The number of amides is 2. The quantitative estimate of drug-likeness (QED) is 0.225. The first-order valence-corrected chi connectivity index (χ1v) is 14.1. The number of hydrogen-bond acceptors (Lipinski definition) is 5. The zero-order chi connectivity index (χ0) is 31.0. The normalized spacial score (nSPS) is 13.7. The molecule has 0 radical (unpaired) electrons. The maximum Gasteiger partial charge on any atom is 0.425 e. The highest BCUT2D eigenvalue weighted by Gasteiger charge is 2.38. The third-order valence-corrected chi connectivity index (χ3v) is 7.04. The van der Waals surface area contributed by atoms with Crippen LogP contribution in [0.15, 0.2) is 48.7 Å². The Balaban J connectivity index is 1.70. The van der Waals surface area contributed by atoms with Gasteiger partial charge in [0, 0.05) is 43.4 Å². The first-order valence-electron chi connectivity index (χ1n) is 13.7. The molecule has 0 aliphatic carbocycles. The predicted octanol–water partition coefficient (Wildman–Crippen LogP) is 5.86. The van der Waals surface area contributed by atoms with Gasteiger partial charge in [-0.15, -0.1) is 0 Å². The first-order chi connectivity index (χ1) is 19.9. The molecule has 42 heavy (non-hydrogen) atoms. The SMILES string of the molecule is CCC(NC(C)=O)c1nc(-c2ccc(CC(CCO)NC(=O)c3ccc(OC(C)C(F)(F)F)c(Cl)c3)cc2)cn1CC. The molecule has 2 aromatic carbocycles. The summed E-state index contributed by atoms with van der Waals surface area (Å²) in [7, 11) is 0. The minimum absolute atomic E-state index is 0.118. The largest absolute Gasteiger partial charge is 0.480 e. The number of ether oxygens (including phenoxy) is 1. The number of carbonyl (C=O) groups excluding carboxylic acids is 2. The second-order valence-corrected chi connectivity index (χ2v) is 10.4. The van der Waals surface area contributed by atoms with E-state index in [4.69, 9.17) is 21.3 Å². The number of alkyl halides is 3. The summed E-state index contributed by atoms with van der Waals surface area (Å²) in [6, 6.07) is 10.9. The molecule has 0 aliphatic heterocycles. The minimum Gasteiger partial charge on any atom is -0.480 e. The van der Waals surface area contributed by atoms with Crippen molar-refractivity contribution in [2.75, 3.05) is 6.61 Å². The molecule has 3 unspecified atom stereocenters. The standard InChI is InChI=1S/C30H36ClF3N4O4/c1-5-25(35-19(4)40)28-37-26(17-38(28)6-2)21-9-7-20(8-10-21)15-23(13-14-39)36-29(41)22-11-12-27(24(31)16-22)42-18(3)30(32,33)34/h7-12,16-18,23,25,39H,5-6,13-15H2,1-4H3,(H,35,40)(H,36,41). The number of carbonyl (C=O) groups is 2. The van der Waals surface area contributed by atoms with Gasteiger partial charge < -0.3 is 25.0 Å². The number of aliphatic hydroxyl groups excluding tert-OH is 1. The molecule has 0 aliphatic rings. The van der Waals surface area contributed by atoms with Crippen LogP contribution < -0.4 is 15.4 Å². The van der Waals surface area contributed by atoms with Crippen LogP contribution in [0.2, 0.25) is 5.02 Å². The maximum atomic E-state index is 12.9. The van der Waals surface area contributed by atoms with E-state index in [-0.39, 0.29) is 41.3 Å². The van der Waals surface area contributed by atoms with E-state index in [1.165, 1.54) is 25.1 Å². The van der Waals surface area contributed by atoms with Gasteiger partial charge in [-0.25, -0.2) is 4.98 Å². The topological polar surface area (TPSA) is 105 Å². The number of aryl methyl sites for hydroxylation is 1. The van der Waals surface area contributed by atoms with E-state index in [0.717, 1.165) is 29.6 Å². The van der Waals surface area contributed by atoms with E-state index in [2.05, 4.69) is 10.6 Å². The number of hydrogen-bond donors (Lipinski definition) is 3. The van der Waals surface area contributed by atoms with Crippen LogP contribution in [0.1, 0.15) is 68.3 Å². The van der Waals surface area contributed by atoms with Crippen LogP contribution in [-0.2, 0) is 17.8 Å². The molecule has 3 N–H and O–H groups in total. The summed E-state index contributed by atoms with van der Waals surface area (Å²) in [6.45, 7) is 6.90. The lowest BCUT2D eigenvalue weighted by atomic mass is 10.0. The molecule has 0 saturated heterocycles. The fourth-order valence-corrected chi connectivity index (χ4v) is 4.66. The Morgan fingerprint density at radius 1 is 1.12 bits per heavy atom. The number of nitrogens with zero attached hydrogens (tertiary/aromatic N) is 2. The lowest BCUT2D eigenvalue weighted by molar-refractivity contribution is -0.189. The van der Waals surface area contributed by atoms with E-state index in [1.807, 2.05) is 48.9 Å². The maximum absolute atomic E-state index is 12.9. The van der Waals surface area contributed by atoms with Gasteiger partial charge in [-0.3, -0.25) is 9.59 Å². The van der Waals surface area contributed by atoms with Crippen LogP contribution in [-0.4, -0.2) is 51.4 Å². The zero-order valence-electron chi connectivity index (χ0n) is 24.0. The van der Waals surface area contributed by atoms with Crippen LogP contribution in [0.5, 0.6) is 5.75 Å². The third kappa shape index (κ3) is 8.72. The van der Waals surface area contributed by atoms with Crippen molar-refractivity contribution < 1.29 is 32.6 Å². The summed E-state index contributed by atoms with van der Waals surface area (Å²) in [5.74, 6) is 0.00752. The smallest absolute Gasteiger partial charge is 0.425 e. The first kappa shape index (κ1) is 32.9. The Kier molecular flexibility index (Phi) is 11.4. The van der Waals surface area contributed by atoms with E-state index in [1.54, 1.807) is 0 Å². The summed E-state index contributed by atoms with van der Waals surface area (Å²) in [5.41, 5.74) is 2.73. The molecule has 3 atom stereocenters.